The SMILES string of the molecule is CCCC(CCC)C(=O)Nc1cccc(S(N)(=O)=O)c1C. The van der Waals surface area contributed by atoms with E-state index in [1.54, 1.807) is 19.1 Å². The molecule has 1 rings (SSSR count). The lowest BCUT2D eigenvalue weighted by Gasteiger charge is -2.17. The molecule has 6 heteroatoms. The Kier molecular flexibility index (Phi) is 6.36. The molecule has 0 atom stereocenters. The first-order valence-corrected chi connectivity index (χ1v) is 8.79. The Morgan fingerprint density at radius 3 is 2.29 bits per heavy atom. The third-order valence-corrected chi connectivity index (χ3v) is 4.55. The van der Waals surface area contributed by atoms with Crippen LogP contribution in [0.2, 0.25) is 0 Å². The van der Waals surface area contributed by atoms with E-state index in [2.05, 4.69) is 5.32 Å². The minimum atomic E-state index is -3.78. The third-order valence-electron chi connectivity index (χ3n) is 3.49. The van der Waals surface area contributed by atoms with E-state index in [0.29, 0.717) is 11.3 Å². The van der Waals surface area contributed by atoms with Crippen molar-refractivity contribution >= 4 is 21.6 Å². The number of anilines is 1. The van der Waals surface area contributed by atoms with E-state index < -0.39 is 10.0 Å². The van der Waals surface area contributed by atoms with Crippen molar-refractivity contribution in [1.29, 1.82) is 0 Å². The summed E-state index contributed by atoms with van der Waals surface area (Å²) < 4.78 is 23.0. The minimum absolute atomic E-state index is 0.0439. The molecule has 0 bridgehead atoms. The van der Waals surface area contributed by atoms with Crippen LogP contribution in [-0.4, -0.2) is 14.3 Å². The van der Waals surface area contributed by atoms with E-state index in [-0.39, 0.29) is 16.7 Å². The predicted octanol–water partition coefficient (Wildman–Crippen LogP) is 2.80. The molecule has 0 heterocycles. The van der Waals surface area contributed by atoms with Gasteiger partial charge in [0, 0.05) is 11.6 Å². The number of carbonyl (C=O) groups is 1. The quantitative estimate of drug-likeness (QED) is 0.811. The van der Waals surface area contributed by atoms with E-state index in [0.717, 1.165) is 25.7 Å². The standard InChI is InChI=1S/C15H24N2O3S/c1-4-7-12(8-5-2)15(18)17-13-9-6-10-14(11(13)3)21(16,19)20/h6,9-10,12H,4-5,7-8H2,1-3H3,(H,17,18)(H2,16,19,20). The zero-order valence-electron chi connectivity index (χ0n) is 12.8. The fraction of sp³-hybridized carbons (Fsp3) is 0.533. The summed E-state index contributed by atoms with van der Waals surface area (Å²) in [6.45, 7) is 5.73. The van der Waals surface area contributed by atoms with Crippen molar-refractivity contribution in [3.63, 3.8) is 0 Å². The summed E-state index contributed by atoms with van der Waals surface area (Å²) in [5, 5.41) is 8.01. The van der Waals surface area contributed by atoms with Crippen molar-refractivity contribution in [2.75, 3.05) is 5.32 Å². The molecule has 0 aromatic heterocycles. The highest BCUT2D eigenvalue weighted by Gasteiger charge is 2.19. The van der Waals surface area contributed by atoms with Crippen molar-refractivity contribution in [3.8, 4) is 0 Å². The number of amides is 1. The molecule has 1 aromatic rings. The Hall–Kier alpha value is -1.40. The number of primary sulfonamides is 1. The monoisotopic (exact) mass is 312 g/mol. The molecule has 0 saturated heterocycles. The van der Waals surface area contributed by atoms with E-state index in [4.69, 9.17) is 5.14 Å². The van der Waals surface area contributed by atoms with Gasteiger partial charge in [-0.25, -0.2) is 13.6 Å². The van der Waals surface area contributed by atoms with Crippen molar-refractivity contribution in [2.24, 2.45) is 11.1 Å². The molecule has 0 spiro atoms. The maximum atomic E-state index is 12.3. The molecule has 0 radical (unpaired) electrons. The van der Waals surface area contributed by atoms with Gasteiger partial charge in [0.1, 0.15) is 0 Å². The van der Waals surface area contributed by atoms with Crippen LogP contribution in [0.4, 0.5) is 5.69 Å². The summed E-state index contributed by atoms with van der Waals surface area (Å²) in [5.74, 6) is -0.106. The van der Waals surface area contributed by atoms with Crippen LogP contribution in [0.15, 0.2) is 23.1 Å². The van der Waals surface area contributed by atoms with Gasteiger partial charge in [-0.3, -0.25) is 4.79 Å². The van der Waals surface area contributed by atoms with E-state index >= 15 is 0 Å². The van der Waals surface area contributed by atoms with Gasteiger partial charge < -0.3 is 5.32 Å². The molecule has 0 saturated carbocycles. The van der Waals surface area contributed by atoms with Gasteiger partial charge in [0.2, 0.25) is 15.9 Å². The Morgan fingerprint density at radius 1 is 1.24 bits per heavy atom. The zero-order chi connectivity index (χ0) is 16.0. The van der Waals surface area contributed by atoms with Gasteiger partial charge in [-0.2, -0.15) is 0 Å². The second kappa shape index (κ2) is 7.56. The first-order chi connectivity index (χ1) is 9.81. The van der Waals surface area contributed by atoms with Crippen LogP contribution in [0.25, 0.3) is 0 Å². The Bertz CT molecular complexity index is 591. The predicted molar refractivity (Wildman–Crippen MR) is 84.5 cm³/mol. The molecule has 0 unspecified atom stereocenters. The molecule has 0 aliphatic carbocycles. The fourth-order valence-corrected chi connectivity index (χ4v) is 3.20. The van der Waals surface area contributed by atoms with E-state index in [9.17, 15) is 13.2 Å². The summed E-state index contributed by atoms with van der Waals surface area (Å²) in [6.07, 6.45) is 3.53. The van der Waals surface area contributed by atoms with E-state index in [1.165, 1.54) is 6.07 Å². The Balaban J connectivity index is 3.00. The number of sulfonamides is 1. The van der Waals surface area contributed by atoms with E-state index in [1.807, 2.05) is 13.8 Å². The Morgan fingerprint density at radius 2 is 1.81 bits per heavy atom. The lowest BCUT2D eigenvalue weighted by Crippen LogP contribution is -2.23. The average Bonchev–Trinajstić information content (AvgIpc) is 2.39. The van der Waals surface area contributed by atoms with Crippen molar-refractivity contribution in [1.82, 2.24) is 0 Å². The molecule has 21 heavy (non-hydrogen) atoms. The zero-order valence-corrected chi connectivity index (χ0v) is 13.7. The maximum Gasteiger partial charge on any atom is 0.238 e. The molecule has 0 aliphatic heterocycles. The van der Waals surface area contributed by atoms with Crippen LogP contribution in [0, 0.1) is 12.8 Å². The number of hydrogen-bond acceptors (Lipinski definition) is 3. The fourth-order valence-electron chi connectivity index (χ4n) is 2.40. The highest BCUT2D eigenvalue weighted by Crippen LogP contribution is 2.24. The lowest BCUT2D eigenvalue weighted by atomic mass is 9.97. The van der Waals surface area contributed by atoms with Crippen LogP contribution in [0.3, 0.4) is 0 Å². The number of benzene rings is 1. The molecule has 0 fully saturated rings. The number of nitrogens with one attached hydrogen (secondary N) is 1. The average molecular weight is 312 g/mol. The molecular weight excluding hydrogens is 288 g/mol. The highest BCUT2D eigenvalue weighted by molar-refractivity contribution is 7.89. The second-order valence-corrected chi connectivity index (χ2v) is 6.77. The summed E-state index contributed by atoms with van der Waals surface area (Å²) in [5.41, 5.74) is 0.976. The molecular formula is C15H24N2O3S. The number of rotatable bonds is 7. The van der Waals surface area contributed by atoms with Gasteiger partial charge in [0.25, 0.3) is 0 Å². The van der Waals surface area contributed by atoms with Gasteiger partial charge in [-0.1, -0.05) is 32.8 Å². The molecule has 118 valence electrons. The molecule has 1 amide bonds. The molecule has 1 aromatic carbocycles. The normalized spacial score (nSPS) is 11.7. The summed E-state index contributed by atoms with van der Waals surface area (Å²) >= 11 is 0. The summed E-state index contributed by atoms with van der Waals surface area (Å²) in [4.78, 5) is 12.4. The van der Waals surface area contributed by atoms with Gasteiger partial charge in [0.15, 0.2) is 0 Å². The van der Waals surface area contributed by atoms with Gasteiger partial charge >= 0.3 is 0 Å². The number of nitrogens with two attached hydrogens (primary N) is 1. The Labute approximate surface area is 127 Å². The molecule has 5 nitrogen and oxygen atoms in total. The summed E-state index contributed by atoms with van der Waals surface area (Å²) in [6, 6.07) is 4.71. The first-order valence-electron chi connectivity index (χ1n) is 7.24. The smallest absolute Gasteiger partial charge is 0.238 e. The van der Waals surface area contributed by atoms with Crippen molar-refractivity contribution in [3.05, 3.63) is 23.8 Å². The first kappa shape index (κ1) is 17.7. The largest absolute Gasteiger partial charge is 0.326 e. The van der Waals surface area contributed by atoms with Gasteiger partial charge in [0.05, 0.1) is 4.90 Å². The third kappa shape index (κ3) is 4.82. The van der Waals surface area contributed by atoms with Crippen molar-refractivity contribution in [2.45, 2.75) is 51.3 Å². The number of carbonyl (C=O) groups excluding carboxylic acids is 1. The molecule has 3 N–H and O–H groups in total. The lowest BCUT2D eigenvalue weighted by molar-refractivity contribution is -0.120. The van der Waals surface area contributed by atoms with Crippen LogP contribution >= 0.6 is 0 Å². The van der Waals surface area contributed by atoms with Crippen molar-refractivity contribution < 1.29 is 13.2 Å². The highest BCUT2D eigenvalue weighted by atomic mass is 32.2. The van der Waals surface area contributed by atoms with Gasteiger partial charge in [-0.05, 0) is 37.5 Å². The van der Waals surface area contributed by atoms with Crippen LogP contribution in [-0.2, 0) is 14.8 Å². The topological polar surface area (TPSA) is 89.3 Å². The van der Waals surface area contributed by atoms with Crippen LogP contribution < -0.4 is 10.5 Å². The summed E-state index contributed by atoms with van der Waals surface area (Å²) in [7, 11) is -3.78. The van der Waals surface area contributed by atoms with Gasteiger partial charge in [-0.15, -0.1) is 0 Å². The number of hydrogen-bond donors (Lipinski definition) is 2. The maximum absolute atomic E-state index is 12.3. The van der Waals surface area contributed by atoms with Crippen LogP contribution in [0.1, 0.15) is 45.1 Å². The van der Waals surface area contributed by atoms with Crippen LogP contribution in [0.5, 0.6) is 0 Å². The second-order valence-electron chi connectivity index (χ2n) is 5.24. The minimum Gasteiger partial charge on any atom is -0.326 e. The molecule has 0 aliphatic rings.